The molecule has 4 nitrogen and oxygen atoms in total. The van der Waals surface area contributed by atoms with Crippen molar-refractivity contribution in [1.82, 2.24) is 5.06 Å². The molecule has 0 radical (unpaired) electrons. The van der Waals surface area contributed by atoms with Crippen LogP contribution in [0.25, 0.3) is 0 Å². The van der Waals surface area contributed by atoms with Crippen molar-refractivity contribution in [3.8, 4) is 0 Å². The Hall–Kier alpha value is -1.65. The van der Waals surface area contributed by atoms with E-state index in [-0.39, 0.29) is 29.8 Å². The van der Waals surface area contributed by atoms with Gasteiger partial charge in [-0.2, -0.15) is 5.06 Å². The Labute approximate surface area is 158 Å². The van der Waals surface area contributed by atoms with Crippen LogP contribution < -0.4 is 0 Å². The van der Waals surface area contributed by atoms with E-state index in [0.29, 0.717) is 0 Å². The highest BCUT2D eigenvalue weighted by molar-refractivity contribution is 5.81. The number of hydrogen-bond donors (Lipinski definition) is 0. The first-order chi connectivity index (χ1) is 12.3. The van der Waals surface area contributed by atoms with E-state index in [1.54, 1.807) is 6.08 Å². The summed E-state index contributed by atoms with van der Waals surface area (Å²) in [5.41, 5.74) is 0.874. The van der Waals surface area contributed by atoms with Crippen molar-refractivity contribution in [2.24, 2.45) is 0 Å². The number of rotatable bonds is 7. The van der Waals surface area contributed by atoms with Gasteiger partial charge >= 0.3 is 5.97 Å². The number of hydroxylamine groups is 2. The normalized spacial score (nSPS) is 20.8. The molecule has 4 heteroatoms. The first-order valence-corrected chi connectivity index (χ1v) is 9.61. The Morgan fingerprint density at radius 2 is 1.77 bits per heavy atom. The van der Waals surface area contributed by atoms with Gasteiger partial charge in [-0.3, -0.25) is 4.84 Å². The van der Waals surface area contributed by atoms with Crippen LogP contribution in [0.3, 0.4) is 0 Å². The summed E-state index contributed by atoms with van der Waals surface area (Å²) in [5.74, 6) is -0.325. The third-order valence-corrected chi connectivity index (χ3v) is 4.95. The Balaban J connectivity index is 2.18. The Morgan fingerprint density at radius 3 is 2.35 bits per heavy atom. The molecular weight excluding hydrogens is 326 g/mol. The van der Waals surface area contributed by atoms with Crippen LogP contribution in [0.5, 0.6) is 0 Å². The van der Waals surface area contributed by atoms with Crippen molar-refractivity contribution in [1.29, 1.82) is 0 Å². The molecule has 1 aliphatic rings. The second-order valence-electron chi connectivity index (χ2n) is 8.22. The summed E-state index contributed by atoms with van der Waals surface area (Å²) in [7, 11) is 0. The van der Waals surface area contributed by atoms with E-state index in [9.17, 15) is 4.79 Å². The molecule has 1 saturated heterocycles. The predicted octanol–water partition coefficient (Wildman–Crippen LogP) is 5.21. The molecule has 0 N–H and O–H groups in total. The SMILES string of the molecule is CC/C=C/C(=O)OCC(ON1C(C)(C)CCCC1(C)C)c1ccccc1. The molecule has 0 amide bonds. The minimum absolute atomic E-state index is 0.0685. The molecule has 0 spiro atoms. The van der Waals surface area contributed by atoms with Gasteiger partial charge in [0, 0.05) is 17.2 Å². The highest BCUT2D eigenvalue weighted by Crippen LogP contribution is 2.40. The third kappa shape index (κ3) is 5.42. The van der Waals surface area contributed by atoms with Crippen LogP contribution in [0.1, 0.15) is 72.0 Å². The number of carbonyl (C=O) groups excluding carboxylic acids is 1. The molecule has 144 valence electrons. The molecule has 1 fully saturated rings. The fourth-order valence-electron chi connectivity index (χ4n) is 3.66. The Morgan fingerprint density at radius 1 is 1.15 bits per heavy atom. The van der Waals surface area contributed by atoms with E-state index >= 15 is 0 Å². The lowest BCUT2D eigenvalue weighted by Crippen LogP contribution is -2.58. The van der Waals surface area contributed by atoms with Gasteiger partial charge in [0.15, 0.2) is 0 Å². The maximum atomic E-state index is 11.9. The van der Waals surface area contributed by atoms with Gasteiger partial charge in [0.05, 0.1) is 0 Å². The van der Waals surface area contributed by atoms with Crippen molar-refractivity contribution in [2.45, 2.75) is 77.5 Å². The molecule has 1 atom stereocenters. The van der Waals surface area contributed by atoms with Gasteiger partial charge in [0.1, 0.15) is 12.7 Å². The molecule has 0 aliphatic carbocycles. The number of allylic oxidation sites excluding steroid dienone is 1. The summed E-state index contributed by atoms with van der Waals surface area (Å²) in [4.78, 5) is 18.4. The average Bonchev–Trinajstić information content (AvgIpc) is 2.59. The summed E-state index contributed by atoms with van der Waals surface area (Å²) in [5, 5.41) is 2.12. The van der Waals surface area contributed by atoms with Crippen LogP contribution in [0.4, 0.5) is 0 Å². The number of ether oxygens (including phenoxy) is 1. The second-order valence-corrected chi connectivity index (χ2v) is 8.22. The molecule has 0 saturated carbocycles. The number of benzene rings is 1. The lowest BCUT2D eigenvalue weighted by atomic mass is 9.82. The van der Waals surface area contributed by atoms with Crippen LogP contribution >= 0.6 is 0 Å². The Bertz CT molecular complexity index is 591. The van der Waals surface area contributed by atoms with Gasteiger partial charge in [0.2, 0.25) is 0 Å². The number of carbonyl (C=O) groups is 1. The predicted molar refractivity (Wildman–Crippen MR) is 105 cm³/mol. The average molecular weight is 360 g/mol. The quantitative estimate of drug-likeness (QED) is 0.495. The van der Waals surface area contributed by atoms with Crippen LogP contribution in [0.2, 0.25) is 0 Å². The van der Waals surface area contributed by atoms with Crippen molar-refractivity contribution >= 4 is 5.97 Å². The van der Waals surface area contributed by atoms with Gasteiger partial charge in [-0.1, -0.05) is 43.3 Å². The number of piperidine rings is 1. The zero-order valence-electron chi connectivity index (χ0n) is 16.8. The van der Waals surface area contributed by atoms with E-state index < -0.39 is 0 Å². The van der Waals surface area contributed by atoms with Crippen molar-refractivity contribution in [3.63, 3.8) is 0 Å². The van der Waals surface area contributed by atoms with E-state index in [0.717, 1.165) is 24.8 Å². The maximum Gasteiger partial charge on any atom is 0.330 e. The van der Waals surface area contributed by atoms with Gasteiger partial charge in [0.25, 0.3) is 0 Å². The summed E-state index contributed by atoms with van der Waals surface area (Å²) < 4.78 is 5.46. The van der Waals surface area contributed by atoms with Gasteiger partial charge in [-0.25, -0.2) is 4.79 Å². The first kappa shape index (κ1) is 20.7. The smallest absolute Gasteiger partial charge is 0.330 e. The molecule has 26 heavy (non-hydrogen) atoms. The highest BCUT2D eigenvalue weighted by Gasteiger charge is 2.43. The van der Waals surface area contributed by atoms with Gasteiger partial charge in [-0.15, -0.1) is 0 Å². The lowest BCUT2D eigenvalue weighted by molar-refractivity contribution is -0.311. The standard InChI is InChI=1S/C22H33NO3/c1-6-7-14-20(24)25-17-19(18-12-9-8-10-13-18)26-23-21(2,3)15-11-16-22(23,4)5/h7-10,12-14,19H,6,11,15-17H2,1-5H3/b14-7+. The van der Waals surface area contributed by atoms with Crippen LogP contribution in [-0.2, 0) is 14.4 Å². The number of esters is 1. The molecule has 2 rings (SSSR count). The summed E-state index contributed by atoms with van der Waals surface area (Å²) in [6.45, 7) is 11.0. The van der Waals surface area contributed by atoms with Crippen molar-refractivity contribution in [3.05, 3.63) is 48.0 Å². The van der Waals surface area contributed by atoms with E-state index in [4.69, 9.17) is 9.57 Å². The maximum absolute atomic E-state index is 11.9. The van der Waals surface area contributed by atoms with E-state index in [2.05, 4.69) is 32.8 Å². The molecule has 0 bridgehead atoms. The van der Waals surface area contributed by atoms with Crippen LogP contribution in [0.15, 0.2) is 42.5 Å². The van der Waals surface area contributed by atoms with Crippen molar-refractivity contribution < 1.29 is 14.4 Å². The fraction of sp³-hybridized carbons (Fsp3) is 0.591. The van der Waals surface area contributed by atoms with Crippen molar-refractivity contribution in [2.75, 3.05) is 6.61 Å². The van der Waals surface area contributed by atoms with E-state index in [1.165, 1.54) is 12.5 Å². The monoisotopic (exact) mass is 359 g/mol. The molecule has 0 aromatic heterocycles. The lowest BCUT2D eigenvalue weighted by Gasteiger charge is -2.52. The minimum Gasteiger partial charge on any atom is -0.459 e. The second kappa shape index (κ2) is 8.83. The first-order valence-electron chi connectivity index (χ1n) is 9.61. The number of nitrogens with zero attached hydrogens (tertiary/aromatic N) is 1. The molecule has 1 aliphatic heterocycles. The van der Waals surface area contributed by atoms with Crippen LogP contribution in [0, 0.1) is 0 Å². The highest BCUT2D eigenvalue weighted by atomic mass is 16.7. The summed E-state index contributed by atoms with van der Waals surface area (Å²) >= 11 is 0. The molecule has 1 aromatic carbocycles. The third-order valence-electron chi connectivity index (χ3n) is 4.95. The zero-order valence-corrected chi connectivity index (χ0v) is 16.8. The Kier molecular flexibility index (Phi) is 7.01. The summed E-state index contributed by atoms with van der Waals surface area (Å²) in [6, 6.07) is 9.98. The molecule has 1 heterocycles. The summed E-state index contributed by atoms with van der Waals surface area (Å²) in [6.07, 6.45) is 7.12. The van der Waals surface area contributed by atoms with Gasteiger partial charge in [-0.05, 0) is 58.9 Å². The zero-order chi connectivity index (χ0) is 19.2. The van der Waals surface area contributed by atoms with E-state index in [1.807, 2.05) is 37.3 Å². The fourth-order valence-corrected chi connectivity index (χ4v) is 3.66. The minimum atomic E-state index is -0.327. The molecule has 1 unspecified atom stereocenters. The molecule has 1 aromatic rings. The largest absolute Gasteiger partial charge is 0.459 e. The number of hydrogen-bond acceptors (Lipinski definition) is 4. The van der Waals surface area contributed by atoms with Crippen LogP contribution in [-0.4, -0.2) is 28.7 Å². The van der Waals surface area contributed by atoms with Gasteiger partial charge < -0.3 is 4.74 Å². The topological polar surface area (TPSA) is 38.8 Å². The molecular formula is C22H33NO3.